The second-order valence-electron chi connectivity index (χ2n) is 3.83. The second-order valence-corrected chi connectivity index (χ2v) is 3.83. The number of alkyl halides is 2. The molecule has 0 aliphatic carbocycles. The summed E-state index contributed by atoms with van der Waals surface area (Å²) in [6, 6.07) is 8.71. The van der Waals surface area contributed by atoms with Gasteiger partial charge in [0.05, 0.1) is 5.69 Å². The molecule has 0 saturated heterocycles. The lowest BCUT2D eigenvalue weighted by molar-refractivity contribution is -0.0330. The van der Waals surface area contributed by atoms with Crippen LogP contribution in [0.1, 0.15) is 12.1 Å². The summed E-state index contributed by atoms with van der Waals surface area (Å²) in [5, 5.41) is 9.43. The molecule has 1 heterocycles. The molecule has 0 fully saturated rings. The van der Waals surface area contributed by atoms with E-state index in [9.17, 15) is 8.78 Å². The third-order valence-electron chi connectivity index (χ3n) is 2.75. The number of hydrogen-bond donors (Lipinski definition) is 1. The minimum atomic E-state index is -2.98. The van der Waals surface area contributed by atoms with Gasteiger partial charge in [0.1, 0.15) is 0 Å². The first-order valence-corrected chi connectivity index (χ1v) is 5.10. The zero-order valence-electron chi connectivity index (χ0n) is 8.95. The largest absolute Gasteiger partial charge is 0.396 e. The van der Waals surface area contributed by atoms with Gasteiger partial charge in [-0.3, -0.25) is 0 Å². The van der Waals surface area contributed by atoms with Crippen molar-refractivity contribution in [3.63, 3.8) is 0 Å². The standard InChI is InChI=1S/C12H13F2NO/c1-15-10-5-3-2-4-9(10)8-11(15)12(13,14)6-7-16/h2-5,8,16H,6-7H2,1H3. The number of aromatic nitrogens is 1. The van der Waals surface area contributed by atoms with Gasteiger partial charge in [-0.2, -0.15) is 8.78 Å². The van der Waals surface area contributed by atoms with Crippen molar-refractivity contribution in [1.82, 2.24) is 4.57 Å². The van der Waals surface area contributed by atoms with E-state index in [1.165, 1.54) is 10.6 Å². The van der Waals surface area contributed by atoms with E-state index >= 15 is 0 Å². The summed E-state index contributed by atoms with van der Waals surface area (Å²) >= 11 is 0. The predicted octanol–water partition coefficient (Wildman–Crippen LogP) is 2.65. The number of nitrogens with zero attached hydrogens (tertiary/aromatic N) is 1. The molecule has 0 unspecified atom stereocenters. The Bertz CT molecular complexity index is 505. The van der Waals surface area contributed by atoms with Gasteiger partial charge in [-0.15, -0.1) is 0 Å². The van der Waals surface area contributed by atoms with Gasteiger partial charge < -0.3 is 9.67 Å². The second kappa shape index (κ2) is 3.87. The number of halogens is 2. The molecular formula is C12H13F2NO. The van der Waals surface area contributed by atoms with Crippen LogP contribution in [0, 0.1) is 0 Å². The first-order valence-electron chi connectivity index (χ1n) is 5.10. The van der Waals surface area contributed by atoms with Crippen molar-refractivity contribution in [1.29, 1.82) is 0 Å². The van der Waals surface area contributed by atoms with Crippen molar-refractivity contribution in [3.8, 4) is 0 Å². The number of aliphatic hydroxyl groups is 1. The molecule has 2 nitrogen and oxygen atoms in total. The smallest absolute Gasteiger partial charge is 0.290 e. The number of aryl methyl sites for hydroxylation is 1. The van der Waals surface area contributed by atoms with Crippen molar-refractivity contribution < 1.29 is 13.9 Å². The quantitative estimate of drug-likeness (QED) is 0.853. The van der Waals surface area contributed by atoms with E-state index < -0.39 is 19.0 Å². The highest BCUT2D eigenvalue weighted by Crippen LogP contribution is 2.34. The number of hydrogen-bond acceptors (Lipinski definition) is 1. The van der Waals surface area contributed by atoms with Gasteiger partial charge >= 0.3 is 0 Å². The van der Waals surface area contributed by atoms with Crippen LogP contribution in [0.4, 0.5) is 8.78 Å². The first kappa shape index (κ1) is 11.1. The predicted molar refractivity (Wildman–Crippen MR) is 58.5 cm³/mol. The van der Waals surface area contributed by atoms with Gasteiger partial charge in [-0.05, 0) is 12.1 Å². The fourth-order valence-electron chi connectivity index (χ4n) is 1.91. The van der Waals surface area contributed by atoms with Crippen molar-refractivity contribution in [2.75, 3.05) is 6.61 Å². The van der Waals surface area contributed by atoms with Gasteiger partial charge in [0.25, 0.3) is 5.92 Å². The van der Waals surface area contributed by atoms with E-state index in [-0.39, 0.29) is 5.69 Å². The van der Waals surface area contributed by atoms with Gasteiger partial charge in [0, 0.05) is 31.0 Å². The van der Waals surface area contributed by atoms with Crippen LogP contribution in [0.15, 0.2) is 30.3 Å². The van der Waals surface area contributed by atoms with Gasteiger partial charge in [-0.1, -0.05) is 18.2 Å². The van der Waals surface area contributed by atoms with Crippen molar-refractivity contribution >= 4 is 10.9 Å². The maximum atomic E-state index is 13.7. The highest BCUT2D eigenvalue weighted by Gasteiger charge is 2.34. The normalized spacial score (nSPS) is 12.2. The minimum absolute atomic E-state index is 0.0530. The highest BCUT2D eigenvalue weighted by molar-refractivity contribution is 5.81. The molecule has 0 aliphatic rings. The van der Waals surface area contributed by atoms with Gasteiger partial charge in [0.2, 0.25) is 0 Å². The summed E-state index contributed by atoms with van der Waals surface area (Å²) in [6.07, 6.45) is -0.544. The van der Waals surface area contributed by atoms with Crippen molar-refractivity contribution in [3.05, 3.63) is 36.0 Å². The molecule has 2 aromatic rings. The zero-order chi connectivity index (χ0) is 11.8. The number of rotatable bonds is 3. The van der Waals surface area contributed by atoms with Crippen LogP contribution in [0.25, 0.3) is 10.9 Å². The Labute approximate surface area is 92.1 Å². The molecule has 0 aliphatic heterocycles. The van der Waals surface area contributed by atoms with E-state index in [1.807, 2.05) is 12.1 Å². The molecule has 4 heteroatoms. The Balaban J connectivity index is 2.57. The Kier molecular flexibility index (Phi) is 2.68. The lowest BCUT2D eigenvalue weighted by Crippen LogP contribution is -2.18. The van der Waals surface area contributed by atoms with Crippen molar-refractivity contribution in [2.45, 2.75) is 12.3 Å². The molecule has 1 aromatic heterocycles. The average molecular weight is 225 g/mol. The number of benzene rings is 1. The monoisotopic (exact) mass is 225 g/mol. The topological polar surface area (TPSA) is 25.2 Å². The van der Waals surface area contributed by atoms with Crippen LogP contribution in [0.3, 0.4) is 0 Å². The summed E-state index contributed by atoms with van der Waals surface area (Å²) in [7, 11) is 1.61. The molecule has 86 valence electrons. The van der Waals surface area contributed by atoms with Crippen LogP contribution in [-0.4, -0.2) is 16.3 Å². The Morgan fingerprint density at radius 1 is 1.31 bits per heavy atom. The van der Waals surface area contributed by atoms with Crippen LogP contribution < -0.4 is 0 Å². The first-order chi connectivity index (χ1) is 7.56. The van der Waals surface area contributed by atoms with E-state index in [0.717, 1.165) is 10.9 Å². The van der Waals surface area contributed by atoms with Crippen LogP contribution >= 0.6 is 0 Å². The van der Waals surface area contributed by atoms with Gasteiger partial charge in [-0.25, -0.2) is 0 Å². The fraction of sp³-hybridized carbons (Fsp3) is 0.333. The van der Waals surface area contributed by atoms with E-state index in [0.29, 0.717) is 0 Å². The summed E-state index contributed by atoms with van der Waals surface area (Å²) in [6.45, 7) is -0.519. The summed E-state index contributed by atoms with van der Waals surface area (Å²) in [5.41, 5.74) is 0.720. The van der Waals surface area contributed by atoms with Crippen LogP contribution in [0.5, 0.6) is 0 Å². The van der Waals surface area contributed by atoms with E-state index in [1.54, 1.807) is 19.2 Å². The lowest BCUT2D eigenvalue weighted by Gasteiger charge is -2.16. The number of aliphatic hydroxyl groups excluding tert-OH is 1. The molecule has 1 aromatic carbocycles. The lowest BCUT2D eigenvalue weighted by atomic mass is 10.1. The maximum absolute atomic E-state index is 13.7. The Morgan fingerprint density at radius 3 is 2.62 bits per heavy atom. The maximum Gasteiger partial charge on any atom is 0.290 e. The third kappa shape index (κ3) is 1.69. The van der Waals surface area contributed by atoms with Gasteiger partial charge in [0.15, 0.2) is 0 Å². The minimum Gasteiger partial charge on any atom is -0.396 e. The average Bonchev–Trinajstić information content (AvgIpc) is 2.58. The Hall–Kier alpha value is -1.42. The summed E-state index contributed by atoms with van der Waals surface area (Å²) in [4.78, 5) is 0. The summed E-state index contributed by atoms with van der Waals surface area (Å²) < 4.78 is 28.8. The van der Waals surface area contributed by atoms with Crippen LogP contribution in [0.2, 0.25) is 0 Å². The summed E-state index contributed by atoms with van der Waals surface area (Å²) in [5.74, 6) is -2.98. The third-order valence-corrected chi connectivity index (χ3v) is 2.75. The molecule has 0 bridgehead atoms. The fourth-order valence-corrected chi connectivity index (χ4v) is 1.91. The molecule has 0 saturated carbocycles. The molecule has 0 spiro atoms. The SMILES string of the molecule is Cn1c(C(F)(F)CCO)cc2ccccc21. The van der Waals surface area contributed by atoms with E-state index in [2.05, 4.69) is 0 Å². The number of fused-ring (bicyclic) bond motifs is 1. The van der Waals surface area contributed by atoms with Crippen molar-refractivity contribution in [2.24, 2.45) is 7.05 Å². The molecule has 0 atom stereocenters. The molecule has 16 heavy (non-hydrogen) atoms. The highest BCUT2D eigenvalue weighted by atomic mass is 19.3. The molecule has 0 amide bonds. The molecule has 1 N–H and O–H groups in total. The van der Waals surface area contributed by atoms with Crippen LogP contribution in [-0.2, 0) is 13.0 Å². The molecule has 0 radical (unpaired) electrons. The molecular weight excluding hydrogens is 212 g/mol. The molecule has 2 rings (SSSR count). The zero-order valence-corrected chi connectivity index (χ0v) is 8.95. The van der Waals surface area contributed by atoms with E-state index in [4.69, 9.17) is 5.11 Å². The Morgan fingerprint density at radius 2 is 2.00 bits per heavy atom. The number of para-hydroxylation sites is 1.